The van der Waals surface area contributed by atoms with Crippen LogP contribution in [0.4, 0.5) is 5.69 Å². The van der Waals surface area contributed by atoms with Crippen molar-refractivity contribution in [2.24, 2.45) is 11.7 Å². The van der Waals surface area contributed by atoms with Crippen molar-refractivity contribution in [3.8, 4) is 0 Å². The molecular weight excluding hydrogens is 240 g/mol. The van der Waals surface area contributed by atoms with Crippen LogP contribution in [0.25, 0.3) is 0 Å². The number of carbonyl (C=O) groups is 1. The van der Waals surface area contributed by atoms with Gasteiger partial charge in [-0.1, -0.05) is 6.42 Å². The molecule has 4 N–H and O–H groups in total. The fourth-order valence-electron chi connectivity index (χ4n) is 2.57. The molecular formula is C14H22N4O. The molecule has 0 spiro atoms. The van der Waals surface area contributed by atoms with Crippen LogP contribution in [-0.4, -0.2) is 30.5 Å². The molecule has 5 heteroatoms. The van der Waals surface area contributed by atoms with Crippen LogP contribution >= 0.6 is 0 Å². The van der Waals surface area contributed by atoms with E-state index in [0.29, 0.717) is 17.7 Å². The lowest BCUT2D eigenvalue weighted by Crippen LogP contribution is -2.31. The number of hydrogen-bond donors (Lipinski definition) is 3. The monoisotopic (exact) mass is 262 g/mol. The maximum Gasteiger partial charge on any atom is 0.269 e. The number of nitrogens with two attached hydrogens (primary N) is 1. The molecule has 1 aliphatic rings. The van der Waals surface area contributed by atoms with E-state index in [1.54, 1.807) is 19.3 Å². The standard InChI is InChI=1S/C14H22N4O/c1-16-14(19)13-8-12(5-6-17-13)18-9-10-3-2-4-11(15)7-10/h5-6,8,10-11H,2-4,7,9,15H2,1H3,(H,16,19)(H,17,18). The van der Waals surface area contributed by atoms with E-state index in [0.717, 1.165) is 25.1 Å². The fourth-order valence-corrected chi connectivity index (χ4v) is 2.57. The van der Waals surface area contributed by atoms with E-state index >= 15 is 0 Å². The third-order valence-electron chi connectivity index (χ3n) is 3.64. The van der Waals surface area contributed by atoms with Crippen LogP contribution < -0.4 is 16.4 Å². The van der Waals surface area contributed by atoms with Crippen LogP contribution in [0.5, 0.6) is 0 Å². The van der Waals surface area contributed by atoms with Crippen molar-refractivity contribution in [3.05, 3.63) is 24.0 Å². The average Bonchev–Trinajstić information content (AvgIpc) is 2.45. The summed E-state index contributed by atoms with van der Waals surface area (Å²) >= 11 is 0. The van der Waals surface area contributed by atoms with Crippen LogP contribution in [0.2, 0.25) is 0 Å². The highest BCUT2D eigenvalue weighted by Crippen LogP contribution is 2.23. The van der Waals surface area contributed by atoms with E-state index in [1.165, 1.54) is 12.8 Å². The summed E-state index contributed by atoms with van der Waals surface area (Å²) < 4.78 is 0. The Morgan fingerprint density at radius 3 is 3.11 bits per heavy atom. The Labute approximate surface area is 114 Å². The molecule has 5 nitrogen and oxygen atoms in total. The van der Waals surface area contributed by atoms with Gasteiger partial charge >= 0.3 is 0 Å². The highest BCUT2D eigenvalue weighted by molar-refractivity contribution is 5.92. The lowest BCUT2D eigenvalue weighted by Gasteiger charge is -2.27. The summed E-state index contributed by atoms with van der Waals surface area (Å²) in [6.45, 7) is 0.908. The van der Waals surface area contributed by atoms with E-state index in [2.05, 4.69) is 15.6 Å². The van der Waals surface area contributed by atoms with E-state index in [9.17, 15) is 4.79 Å². The zero-order valence-corrected chi connectivity index (χ0v) is 11.4. The third-order valence-corrected chi connectivity index (χ3v) is 3.64. The molecule has 1 aromatic heterocycles. The third kappa shape index (κ3) is 3.92. The molecule has 0 saturated heterocycles. The molecule has 0 aromatic carbocycles. The second-order valence-electron chi connectivity index (χ2n) is 5.18. The van der Waals surface area contributed by atoms with Crippen LogP contribution in [0, 0.1) is 5.92 Å². The number of pyridine rings is 1. The predicted molar refractivity (Wildman–Crippen MR) is 76.1 cm³/mol. The van der Waals surface area contributed by atoms with Gasteiger partial charge in [0.25, 0.3) is 5.91 Å². The first-order valence-electron chi connectivity index (χ1n) is 6.86. The highest BCUT2D eigenvalue weighted by Gasteiger charge is 2.18. The van der Waals surface area contributed by atoms with Crippen LogP contribution in [0.15, 0.2) is 18.3 Å². The minimum Gasteiger partial charge on any atom is -0.385 e. The van der Waals surface area contributed by atoms with E-state index in [1.807, 2.05) is 6.07 Å². The summed E-state index contributed by atoms with van der Waals surface area (Å²) in [6, 6.07) is 4.01. The lowest BCUT2D eigenvalue weighted by atomic mass is 9.86. The quantitative estimate of drug-likeness (QED) is 0.765. The van der Waals surface area contributed by atoms with Crippen LogP contribution in [-0.2, 0) is 0 Å². The molecule has 104 valence electrons. The lowest BCUT2D eigenvalue weighted by molar-refractivity contribution is 0.0958. The molecule has 2 unspecified atom stereocenters. The second-order valence-corrected chi connectivity index (χ2v) is 5.18. The number of carbonyl (C=O) groups excluding carboxylic acids is 1. The second kappa shape index (κ2) is 6.52. The minimum absolute atomic E-state index is 0.164. The molecule has 1 saturated carbocycles. The Hall–Kier alpha value is -1.62. The van der Waals surface area contributed by atoms with Gasteiger partial charge in [-0.3, -0.25) is 9.78 Å². The number of hydrogen-bond acceptors (Lipinski definition) is 4. The first kappa shape index (κ1) is 13.8. The molecule has 19 heavy (non-hydrogen) atoms. The van der Waals surface area contributed by atoms with Gasteiger partial charge in [0.1, 0.15) is 5.69 Å². The first-order valence-corrected chi connectivity index (χ1v) is 6.86. The van der Waals surface area contributed by atoms with Crippen molar-refractivity contribution in [2.75, 3.05) is 18.9 Å². The highest BCUT2D eigenvalue weighted by atomic mass is 16.1. The van der Waals surface area contributed by atoms with Gasteiger partial charge < -0.3 is 16.4 Å². The zero-order chi connectivity index (χ0) is 13.7. The minimum atomic E-state index is -0.164. The van der Waals surface area contributed by atoms with Crippen molar-refractivity contribution in [1.29, 1.82) is 0 Å². The fraction of sp³-hybridized carbons (Fsp3) is 0.571. The van der Waals surface area contributed by atoms with Gasteiger partial charge in [-0.2, -0.15) is 0 Å². The topological polar surface area (TPSA) is 80.0 Å². The van der Waals surface area contributed by atoms with Crippen molar-refractivity contribution in [2.45, 2.75) is 31.7 Å². The summed E-state index contributed by atoms with van der Waals surface area (Å²) in [6.07, 6.45) is 6.33. The zero-order valence-electron chi connectivity index (χ0n) is 11.4. The number of amides is 1. The molecule has 1 heterocycles. The summed E-state index contributed by atoms with van der Waals surface area (Å²) in [4.78, 5) is 15.5. The SMILES string of the molecule is CNC(=O)c1cc(NCC2CCCC(N)C2)ccn1. The Morgan fingerprint density at radius 1 is 1.53 bits per heavy atom. The molecule has 1 fully saturated rings. The van der Waals surface area contributed by atoms with Crippen molar-refractivity contribution in [1.82, 2.24) is 10.3 Å². The molecule has 0 radical (unpaired) electrons. The predicted octanol–water partition coefficient (Wildman–Crippen LogP) is 1.37. The van der Waals surface area contributed by atoms with Gasteiger partial charge in [-0.15, -0.1) is 0 Å². The van der Waals surface area contributed by atoms with Crippen molar-refractivity contribution >= 4 is 11.6 Å². The van der Waals surface area contributed by atoms with E-state index < -0.39 is 0 Å². The molecule has 1 amide bonds. The largest absolute Gasteiger partial charge is 0.385 e. The van der Waals surface area contributed by atoms with E-state index in [-0.39, 0.29) is 5.91 Å². The summed E-state index contributed by atoms with van der Waals surface area (Å²) in [5.74, 6) is 0.462. The molecule has 0 aliphatic heterocycles. The van der Waals surface area contributed by atoms with Gasteiger partial charge in [0.15, 0.2) is 0 Å². The summed E-state index contributed by atoms with van der Waals surface area (Å²) in [7, 11) is 1.60. The van der Waals surface area contributed by atoms with Gasteiger partial charge in [0, 0.05) is 31.5 Å². The number of aromatic nitrogens is 1. The first-order chi connectivity index (χ1) is 9.19. The number of nitrogens with zero attached hydrogens (tertiary/aromatic N) is 1. The summed E-state index contributed by atoms with van der Waals surface area (Å²) in [5, 5.41) is 5.95. The Balaban J connectivity index is 1.90. The smallest absolute Gasteiger partial charge is 0.269 e. The van der Waals surface area contributed by atoms with Crippen molar-refractivity contribution in [3.63, 3.8) is 0 Å². The molecule has 2 atom stereocenters. The van der Waals surface area contributed by atoms with Gasteiger partial charge in [-0.05, 0) is 37.3 Å². The van der Waals surface area contributed by atoms with Gasteiger partial charge in [-0.25, -0.2) is 0 Å². The normalized spacial score (nSPS) is 22.8. The summed E-state index contributed by atoms with van der Waals surface area (Å²) in [5.41, 5.74) is 7.36. The van der Waals surface area contributed by atoms with E-state index in [4.69, 9.17) is 5.73 Å². The molecule has 1 aliphatic carbocycles. The van der Waals surface area contributed by atoms with Crippen LogP contribution in [0.3, 0.4) is 0 Å². The Bertz CT molecular complexity index is 435. The molecule has 1 aromatic rings. The number of anilines is 1. The average molecular weight is 262 g/mol. The van der Waals surface area contributed by atoms with Gasteiger partial charge in [0.05, 0.1) is 0 Å². The van der Waals surface area contributed by atoms with Gasteiger partial charge in [0.2, 0.25) is 0 Å². The Morgan fingerprint density at radius 2 is 2.37 bits per heavy atom. The van der Waals surface area contributed by atoms with Crippen LogP contribution in [0.1, 0.15) is 36.2 Å². The molecule has 2 rings (SSSR count). The molecule has 0 bridgehead atoms. The number of rotatable bonds is 4. The van der Waals surface area contributed by atoms with Crippen molar-refractivity contribution < 1.29 is 4.79 Å². The Kier molecular flexibility index (Phi) is 4.74. The number of nitrogens with one attached hydrogen (secondary N) is 2. The maximum atomic E-state index is 11.5. The maximum absolute atomic E-state index is 11.5.